The van der Waals surface area contributed by atoms with E-state index >= 15 is 0 Å². The summed E-state index contributed by atoms with van der Waals surface area (Å²) in [7, 11) is 0. The van der Waals surface area contributed by atoms with Crippen LogP contribution < -0.4 is 5.32 Å². The van der Waals surface area contributed by atoms with E-state index in [-0.39, 0.29) is 18.5 Å². The summed E-state index contributed by atoms with van der Waals surface area (Å²) < 4.78 is 5.51. The van der Waals surface area contributed by atoms with Crippen LogP contribution in [0.25, 0.3) is 0 Å². The molecular weight excluding hydrogens is 923 g/mol. The Balaban J connectivity index is 3.37. The molecule has 6 nitrogen and oxygen atoms in total. The standard InChI is InChI=1S/C69H135NO5/c1-3-5-7-9-11-13-15-17-19-21-25-29-33-37-41-45-49-53-57-61-67(72)66(65-71)70-68(73)62-58-54-50-46-42-38-34-30-27-23-24-28-32-36-40-44-48-52-56-60-64-75-69(74)63-59-55-51-47-43-39-35-31-26-22-20-18-16-14-12-10-8-6-4-2/h18,20,66-67,71-72H,3-17,19,21-65H2,1-2H3,(H,70,73)/b20-18-. The lowest BCUT2D eigenvalue weighted by atomic mass is 10.0. The summed E-state index contributed by atoms with van der Waals surface area (Å²) in [5, 5.41) is 23.4. The van der Waals surface area contributed by atoms with Crippen molar-refractivity contribution in [3.8, 4) is 0 Å². The summed E-state index contributed by atoms with van der Waals surface area (Å²) in [5.41, 5.74) is 0. The van der Waals surface area contributed by atoms with Gasteiger partial charge in [0.25, 0.3) is 0 Å². The number of carbonyl (C=O) groups is 2. The number of hydrogen-bond acceptors (Lipinski definition) is 5. The van der Waals surface area contributed by atoms with Crippen molar-refractivity contribution in [2.24, 2.45) is 0 Å². The third-order valence-electron chi connectivity index (χ3n) is 16.3. The molecule has 0 saturated heterocycles. The van der Waals surface area contributed by atoms with Crippen LogP contribution in [0.4, 0.5) is 0 Å². The molecule has 6 heteroatoms. The molecule has 1 amide bonds. The van der Waals surface area contributed by atoms with Gasteiger partial charge in [-0.2, -0.15) is 0 Å². The first kappa shape index (κ1) is 73.6. The minimum Gasteiger partial charge on any atom is -0.466 e. The third-order valence-corrected chi connectivity index (χ3v) is 16.3. The van der Waals surface area contributed by atoms with Crippen LogP contribution in [0.3, 0.4) is 0 Å². The van der Waals surface area contributed by atoms with E-state index in [4.69, 9.17) is 4.74 Å². The van der Waals surface area contributed by atoms with Gasteiger partial charge in [0.05, 0.1) is 25.4 Å². The number of amides is 1. The molecule has 0 spiro atoms. The molecule has 0 rings (SSSR count). The minimum atomic E-state index is -0.666. The average Bonchev–Trinajstić information content (AvgIpc) is 3.41. The van der Waals surface area contributed by atoms with Crippen molar-refractivity contribution in [1.29, 1.82) is 0 Å². The van der Waals surface area contributed by atoms with Crippen molar-refractivity contribution in [1.82, 2.24) is 5.32 Å². The van der Waals surface area contributed by atoms with Gasteiger partial charge in [-0.3, -0.25) is 9.59 Å². The van der Waals surface area contributed by atoms with Crippen LogP contribution in [-0.4, -0.2) is 47.4 Å². The molecule has 0 radical (unpaired) electrons. The first-order valence-electron chi connectivity index (χ1n) is 34.4. The Kier molecular flexibility index (Phi) is 63.9. The predicted molar refractivity (Wildman–Crippen MR) is 329 cm³/mol. The maximum atomic E-state index is 12.5. The van der Waals surface area contributed by atoms with Crippen molar-refractivity contribution >= 4 is 11.9 Å². The summed E-state index contributed by atoms with van der Waals surface area (Å²) in [6, 6.07) is -0.543. The summed E-state index contributed by atoms with van der Waals surface area (Å²) in [4.78, 5) is 24.6. The number of rotatable bonds is 65. The fourth-order valence-electron chi connectivity index (χ4n) is 11.1. The number of unbranched alkanes of at least 4 members (excludes halogenated alkanes) is 52. The van der Waals surface area contributed by atoms with Gasteiger partial charge in [0.15, 0.2) is 0 Å². The van der Waals surface area contributed by atoms with Crippen molar-refractivity contribution in [3.05, 3.63) is 12.2 Å². The monoisotopic (exact) mass is 1060 g/mol. The molecular formula is C69H135NO5. The van der Waals surface area contributed by atoms with E-state index in [0.29, 0.717) is 25.9 Å². The highest BCUT2D eigenvalue weighted by Crippen LogP contribution is 2.19. The Labute approximate surface area is 469 Å². The summed E-state index contributed by atoms with van der Waals surface area (Å²) >= 11 is 0. The number of carbonyl (C=O) groups excluding carboxylic acids is 2. The second-order valence-corrected chi connectivity index (χ2v) is 23.9. The SMILES string of the molecule is CCCCCCCC/C=C\CCCCCCCCCCCC(=O)OCCCCCCCCCCCCCCCCCCCCCCC(=O)NC(CO)C(O)CCCCCCCCCCCCCCCCCCCCC. The topological polar surface area (TPSA) is 95.9 Å². The first-order valence-corrected chi connectivity index (χ1v) is 34.4. The van der Waals surface area contributed by atoms with Crippen LogP contribution in [0.5, 0.6) is 0 Å². The normalized spacial score (nSPS) is 12.5. The quantitative estimate of drug-likeness (QED) is 0.0320. The lowest BCUT2D eigenvalue weighted by Gasteiger charge is -2.22. The van der Waals surface area contributed by atoms with E-state index in [0.717, 1.165) is 44.9 Å². The molecule has 0 aromatic heterocycles. The Morgan fingerprint density at radius 3 is 0.947 bits per heavy atom. The first-order chi connectivity index (χ1) is 37.0. The molecule has 2 atom stereocenters. The smallest absolute Gasteiger partial charge is 0.305 e. The van der Waals surface area contributed by atoms with Crippen LogP contribution >= 0.6 is 0 Å². The van der Waals surface area contributed by atoms with Gasteiger partial charge in [-0.25, -0.2) is 0 Å². The number of nitrogens with one attached hydrogen (secondary N) is 1. The van der Waals surface area contributed by atoms with E-state index in [1.54, 1.807) is 0 Å². The molecule has 0 aliphatic carbocycles. The molecule has 0 aliphatic rings. The fraction of sp³-hybridized carbons (Fsp3) is 0.942. The molecule has 0 bridgehead atoms. The highest BCUT2D eigenvalue weighted by molar-refractivity contribution is 5.76. The lowest BCUT2D eigenvalue weighted by molar-refractivity contribution is -0.143. The highest BCUT2D eigenvalue weighted by atomic mass is 16.5. The number of allylic oxidation sites excluding steroid dienone is 2. The van der Waals surface area contributed by atoms with E-state index in [9.17, 15) is 19.8 Å². The number of aliphatic hydroxyl groups excluding tert-OH is 2. The average molecular weight is 1060 g/mol. The van der Waals surface area contributed by atoms with Crippen LogP contribution in [0, 0.1) is 0 Å². The maximum Gasteiger partial charge on any atom is 0.305 e. The Hall–Kier alpha value is -1.40. The van der Waals surface area contributed by atoms with Gasteiger partial charge in [0.2, 0.25) is 5.91 Å². The fourth-order valence-corrected chi connectivity index (χ4v) is 11.1. The van der Waals surface area contributed by atoms with Crippen molar-refractivity contribution in [2.45, 2.75) is 405 Å². The molecule has 0 heterocycles. The van der Waals surface area contributed by atoms with Crippen molar-refractivity contribution in [2.75, 3.05) is 13.2 Å². The largest absolute Gasteiger partial charge is 0.466 e. The van der Waals surface area contributed by atoms with Gasteiger partial charge < -0.3 is 20.3 Å². The number of hydrogen-bond donors (Lipinski definition) is 3. The van der Waals surface area contributed by atoms with Gasteiger partial charge in [0.1, 0.15) is 0 Å². The van der Waals surface area contributed by atoms with Crippen LogP contribution in [0.1, 0.15) is 393 Å². The zero-order valence-corrected chi connectivity index (χ0v) is 51.1. The minimum absolute atomic E-state index is 0.0115. The molecule has 3 N–H and O–H groups in total. The highest BCUT2D eigenvalue weighted by Gasteiger charge is 2.20. The molecule has 446 valence electrons. The van der Waals surface area contributed by atoms with E-state index in [1.165, 1.54) is 315 Å². The number of esters is 1. The molecule has 0 aliphatic heterocycles. The zero-order chi connectivity index (χ0) is 54.3. The number of ether oxygens (including phenoxy) is 1. The van der Waals surface area contributed by atoms with E-state index in [1.807, 2.05) is 0 Å². The van der Waals surface area contributed by atoms with E-state index < -0.39 is 12.1 Å². The lowest BCUT2D eigenvalue weighted by Crippen LogP contribution is -2.45. The van der Waals surface area contributed by atoms with Gasteiger partial charge in [-0.1, -0.05) is 341 Å². The van der Waals surface area contributed by atoms with Crippen LogP contribution in [0.2, 0.25) is 0 Å². The summed E-state index contributed by atoms with van der Waals surface area (Å²) in [6.07, 6.45) is 79.5. The Bertz CT molecular complexity index is 1130. The second kappa shape index (κ2) is 65.1. The molecule has 75 heavy (non-hydrogen) atoms. The molecule has 0 saturated carbocycles. The van der Waals surface area contributed by atoms with Crippen molar-refractivity contribution in [3.63, 3.8) is 0 Å². The van der Waals surface area contributed by atoms with Crippen LogP contribution in [0.15, 0.2) is 12.2 Å². The van der Waals surface area contributed by atoms with Crippen molar-refractivity contribution < 1.29 is 24.5 Å². The van der Waals surface area contributed by atoms with Gasteiger partial charge >= 0.3 is 5.97 Å². The molecule has 0 aromatic rings. The Morgan fingerprint density at radius 1 is 0.360 bits per heavy atom. The van der Waals surface area contributed by atoms with Gasteiger partial charge in [0, 0.05) is 12.8 Å². The maximum absolute atomic E-state index is 12.5. The molecule has 0 fully saturated rings. The predicted octanol–water partition coefficient (Wildman–Crippen LogP) is 22.0. The molecule has 2 unspecified atom stereocenters. The molecule has 0 aromatic carbocycles. The Morgan fingerprint density at radius 2 is 0.627 bits per heavy atom. The number of aliphatic hydroxyl groups is 2. The van der Waals surface area contributed by atoms with E-state index in [2.05, 4.69) is 31.3 Å². The second-order valence-electron chi connectivity index (χ2n) is 23.9. The zero-order valence-electron chi connectivity index (χ0n) is 51.1. The summed E-state index contributed by atoms with van der Waals surface area (Å²) in [5.74, 6) is -0.0210. The van der Waals surface area contributed by atoms with Crippen LogP contribution in [-0.2, 0) is 14.3 Å². The van der Waals surface area contributed by atoms with Gasteiger partial charge in [-0.15, -0.1) is 0 Å². The third kappa shape index (κ3) is 61.7. The summed E-state index contributed by atoms with van der Waals surface area (Å²) in [6.45, 7) is 4.99. The van der Waals surface area contributed by atoms with Gasteiger partial charge in [-0.05, 0) is 51.4 Å².